The number of carbonyl (C=O) groups is 4. The first-order valence-corrected chi connectivity index (χ1v) is 8.14. The lowest BCUT2D eigenvalue weighted by atomic mass is 9.85. The zero-order valence-electron chi connectivity index (χ0n) is 14.7. The molecule has 136 valence electrons. The number of hydrogen-bond donors (Lipinski definition) is 3. The van der Waals surface area contributed by atoms with Gasteiger partial charge in [0.1, 0.15) is 18.0 Å². The Balaban J connectivity index is 2.76. The molecule has 1 rings (SSSR count). The summed E-state index contributed by atoms with van der Waals surface area (Å²) in [5.41, 5.74) is 0. The van der Waals surface area contributed by atoms with Gasteiger partial charge in [-0.2, -0.15) is 0 Å². The number of esters is 1. The lowest BCUT2D eigenvalue weighted by Gasteiger charge is -2.37. The van der Waals surface area contributed by atoms with Crippen LogP contribution in [0.3, 0.4) is 0 Å². The molecular weight excluding hydrogens is 316 g/mol. The van der Waals surface area contributed by atoms with Crippen LogP contribution in [0, 0.1) is 17.8 Å². The van der Waals surface area contributed by atoms with Crippen molar-refractivity contribution >= 4 is 23.8 Å². The molecule has 8 nitrogen and oxygen atoms in total. The van der Waals surface area contributed by atoms with Crippen molar-refractivity contribution in [3.8, 4) is 0 Å². The fraction of sp³-hybridized carbons (Fsp3) is 0.750. The summed E-state index contributed by atoms with van der Waals surface area (Å²) >= 11 is 0. The van der Waals surface area contributed by atoms with Gasteiger partial charge in [0, 0.05) is 0 Å². The standard InChI is InChI=1S/C16H26N2O6/c1-6-9(15(21)22)17-13(19)11(8(4)5)18-14(20)12-10(7(2)3)16(23)24-12/h7-12H,6H2,1-5H3,(H,17,19)(H,18,20)(H,21,22)/t9-,10-,11-,12+/m0/s1. The molecule has 3 N–H and O–H groups in total. The molecule has 0 aromatic carbocycles. The van der Waals surface area contributed by atoms with Crippen LogP contribution in [0.4, 0.5) is 0 Å². The maximum Gasteiger partial charge on any atom is 0.326 e. The molecule has 0 aliphatic carbocycles. The van der Waals surface area contributed by atoms with Crippen molar-refractivity contribution in [1.82, 2.24) is 10.6 Å². The van der Waals surface area contributed by atoms with Crippen molar-refractivity contribution in [3.05, 3.63) is 0 Å². The third-order valence-electron chi connectivity index (χ3n) is 4.09. The summed E-state index contributed by atoms with van der Waals surface area (Å²) in [5.74, 6) is -3.49. The van der Waals surface area contributed by atoms with Crippen molar-refractivity contribution in [2.24, 2.45) is 17.8 Å². The van der Waals surface area contributed by atoms with Crippen LogP contribution in [-0.2, 0) is 23.9 Å². The van der Waals surface area contributed by atoms with E-state index in [4.69, 9.17) is 9.84 Å². The van der Waals surface area contributed by atoms with E-state index in [0.29, 0.717) is 0 Å². The Morgan fingerprint density at radius 2 is 1.75 bits per heavy atom. The number of nitrogens with one attached hydrogen (secondary N) is 2. The number of ether oxygens (including phenoxy) is 1. The molecule has 1 aliphatic rings. The van der Waals surface area contributed by atoms with Crippen molar-refractivity contribution in [1.29, 1.82) is 0 Å². The topological polar surface area (TPSA) is 122 Å². The first-order valence-electron chi connectivity index (χ1n) is 8.14. The first kappa shape index (κ1) is 19.9. The second-order valence-electron chi connectivity index (χ2n) is 6.67. The molecule has 0 aromatic rings. The molecule has 0 radical (unpaired) electrons. The number of cyclic esters (lactones) is 1. The number of carboxylic acids is 1. The lowest BCUT2D eigenvalue weighted by molar-refractivity contribution is -0.193. The first-order chi connectivity index (χ1) is 11.1. The Kier molecular flexibility index (Phi) is 6.74. The van der Waals surface area contributed by atoms with E-state index in [1.54, 1.807) is 20.8 Å². The van der Waals surface area contributed by atoms with E-state index in [2.05, 4.69) is 10.6 Å². The minimum Gasteiger partial charge on any atom is -0.480 e. The summed E-state index contributed by atoms with van der Waals surface area (Å²) in [4.78, 5) is 47.1. The fourth-order valence-electron chi connectivity index (χ4n) is 2.54. The minimum absolute atomic E-state index is 0.0511. The number of rotatable bonds is 8. The zero-order chi connectivity index (χ0) is 18.6. The van der Waals surface area contributed by atoms with Gasteiger partial charge in [-0.05, 0) is 18.3 Å². The van der Waals surface area contributed by atoms with E-state index in [1.807, 2.05) is 13.8 Å². The molecule has 1 heterocycles. The van der Waals surface area contributed by atoms with Gasteiger partial charge in [0.05, 0.1) is 0 Å². The molecule has 24 heavy (non-hydrogen) atoms. The maximum atomic E-state index is 12.3. The van der Waals surface area contributed by atoms with Crippen LogP contribution in [0.2, 0.25) is 0 Å². The lowest BCUT2D eigenvalue weighted by Crippen LogP contribution is -2.60. The molecule has 0 unspecified atom stereocenters. The highest BCUT2D eigenvalue weighted by molar-refractivity contribution is 5.97. The largest absolute Gasteiger partial charge is 0.480 e. The van der Waals surface area contributed by atoms with Crippen molar-refractivity contribution in [2.45, 2.75) is 59.2 Å². The predicted molar refractivity (Wildman–Crippen MR) is 84.8 cm³/mol. The van der Waals surface area contributed by atoms with Crippen molar-refractivity contribution in [3.63, 3.8) is 0 Å². The molecule has 1 fully saturated rings. The smallest absolute Gasteiger partial charge is 0.326 e. The van der Waals surface area contributed by atoms with Crippen LogP contribution in [0.1, 0.15) is 41.0 Å². The van der Waals surface area contributed by atoms with E-state index in [0.717, 1.165) is 0 Å². The molecule has 0 saturated carbocycles. The maximum absolute atomic E-state index is 12.3. The van der Waals surface area contributed by atoms with Gasteiger partial charge in [-0.25, -0.2) is 4.79 Å². The molecule has 4 atom stereocenters. The van der Waals surface area contributed by atoms with E-state index in [9.17, 15) is 19.2 Å². The summed E-state index contributed by atoms with van der Waals surface area (Å²) in [6.07, 6.45) is -0.678. The Hall–Kier alpha value is -2.12. The van der Waals surface area contributed by atoms with Crippen LogP contribution < -0.4 is 10.6 Å². The molecule has 0 bridgehead atoms. The molecule has 8 heteroatoms. The molecule has 0 spiro atoms. The Morgan fingerprint density at radius 1 is 1.17 bits per heavy atom. The van der Waals surface area contributed by atoms with Gasteiger partial charge >= 0.3 is 11.9 Å². The quantitative estimate of drug-likeness (QED) is 0.546. The number of carboxylic acid groups (broad SMARTS) is 1. The fourth-order valence-corrected chi connectivity index (χ4v) is 2.54. The molecule has 2 amide bonds. The van der Waals surface area contributed by atoms with Crippen LogP contribution >= 0.6 is 0 Å². The third kappa shape index (κ3) is 4.46. The summed E-state index contributed by atoms with van der Waals surface area (Å²) in [6, 6.07) is -1.92. The second kappa shape index (κ2) is 8.12. The molecule has 0 aromatic heterocycles. The van der Waals surface area contributed by atoms with E-state index < -0.39 is 47.9 Å². The van der Waals surface area contributed by atoms with Gasteiger partial charge in [0.15, 0.2) is 6.10 Å². The number of carbonyl (C=O) groups excluding carboxylic acids is 3. The minimum atomic E-state index is -1.13. The summed E-state index contributed by atoms with van der Waals surface area (Å²) in [7, 11) is 0. The summed E-state index contributed by atoms with van der Waals surface area (Å²) in [5, 5.41) is 14.0. The predicted octanol–water partition coefficient (Wildman–Crippen LogP) is 0.304. The molecule has 1 aliphatic heterocycles. The van der Waals surface area contributed by atoms with Gasteiger partial charge in [-0.1, -0.05) is 34.6 Å². The second-order valence-corrected chi connectivity index (χ2v) is 6.67. The zero-order valence-corrected chi connectivity index (χ0v) is 14.7. The summed E-state index contributed by atoms with van der Waals surface area (Å²) in [6.45, 7) is 8.74. The third-order valence-corrected chi connectivity index (χ3v) is 4.09. The van der Waals surface area contributed by atoms with Gasteiger partial charge in [0.2, 0.25) is 5.91 Å². The van der Waals surface area contributed by atoms with Gasteiger partial charge in [-0.3, -0.25) is 14.4 Å². The van der Waals surface area contributed by atoms with Crippen LogP contribution in [0.5, 0.6) is 0 Å². The Morgan fingerprint density at radius 3 is 2.12 bits per heavy atom. The van der Waals surface area contributed by atoms with Gasteiger partial charge < -0.3 is 20.5 Å². The van der Waals surface area contributed by atoms with Crippen LogP contribution in [0.15, 0.2) is 0 Å². The highest BCUT2D eigenvalue weighted by atomic mass is 16.6. The highest BCUT2D eigenvalue weighted by Gasteiger charge is 2.49. The van der Waals surface area contributed by atoms with Crippen LogP contribution in [0.25, 0.3) is 0 Å². The Labute approximate surface area is 141 Å². The molecular formula is C16H26N2O6. The SMILES string of the molecule is CC[C@H](NC(=O)[C@@H](NC(=O)[C@@H]1OC(=O)[C@H]1C(C)C)C(C)C)C(=O)O. The monoisotopic (exact) mass is 342 g/mol. The van der Waals surface area contributed by atoms with Crippen molar-refractivity contribution in [2.75, 3.05) is 0 Å². The normalized spacial score (nSPS) is 22.4. The van der Waals surface area contributed by atoms with E-state index >= 15 is 0 Å². The Bertz CT molecular complexity index is 517. The highest BCUT2D eigenvalue weighted by Crippen LogP contribution is 2.29. The average Bonchev–Trinajstić information content (AvgIpc) is 2.45. The van der Waals surface area contributed by atoms with Crippen LogP contribution in [-0.4, -0.2) is 47.0 Å². The number of aliphatic carboxylic acids is 1. The number of amides is 2. The average molecular weight is 342 g/mol. The summed E-state index contributed by atoms with van der Waals surface area (Å²) < 4.78 is 4.90. The molecule has 1 saturated heterocycles. The van der Waals surface area contributed by atoms with Crippen molar-refractivity contribution < 1.29 is 29.0 Å². The van der Waals surface area contributed by atoms with E-state index in [1.165, 1.54) is 0 Å². The number of hydrogen-bond acceptors (Lipinski definition) is 5. The van der Waals surface area contributed by atoms with E-state index in [-0.39, 0.29) is 18.3 Å². The van der Waals surface area contributed by atoms with Gasteiger partial charge in [-0.15, -0.1) is 0 Å². The van der Waals surface area contributed by atoms with Gasteiger partial charge in [0.25, 0.3) is 5.91 Å².